The van der Waals surface area contributed by atoms with Crippen LogP contribution in [0.5, 0.6) is 0 Å². The van der Waals surface area contributed by atoms with Crippen LogP contribution in [-0.2, 0) is 9.53 Å². The van der Waals surface area contributed by atoms with Gasteiger partial charge in [0.1, 0.15) is 0 Å². The van der Waals surface area contributed by atoms with E-state index in [1.807, 2.05) is 0 Å². The smallest absolute Gasteiger partial charge is 0.223 e. The Morgan fingerprint density at radius 1 is 1.26 bits per heavy atom. The minimum absolute atomic E-state index is 0.111. The molecule has 1 rings (SSSR count). The Labute approximate surface area is 116 Å². The highest BCUT2D eigenvalue weighted by Crippen LogP contribution is 2.22. The summed E-state index contributed by atoms with van der Waals surface area (Å²) >= 11 is 0. The maximum absolute atomic E-state index is 12.1. The third-order valence-corrected chi connectivity index (χ3v) is 3.96. The number of hydrogen-bond acceptors (Lipinski definition) is 3. The SMILES string of the molecule is COCCC(C)(O)CNC(=O)C1CCCCCCC1. The molecular weight excluding hydrogens is 242 g/mol. The van der Waals surface area contributed by atoms with E-state index in [0.717, 1.165) is 25.7 Å². The van der Waals surface area contributed by atoms with Gasteiger partial charge < -0.3 is 15.2 Å². The molecule has 0 radical (unpaired) electrons. The molecule has 0 aromatic carbocycles. The van der Waals surface area contributed by atoms with Crippen LogP contribution in [0, 0.1) is 5.92 Å². The number of methoxy groups -OCH3 is 1. The summed E-state index contributed by atoms with van der Waals surface area (Å²) in [4.78, 5) is 12.1. The van der Waals surface area contributed by atoms with Gasteiger partial charge in [0.25, 0.3) is 0 Å². The molecule has 112 valence electrons. The number of hydrogen-bond donors (Lipinski definition) is 2. The van der Waals surface area contributed by atoms with Crippen molar-refractivity contribution in [1.29, 1.82) is 0 Å². The Bertz CT molecular complexity index is 258. The van der Waals surface area contributed by atoms with Crippen molar-refractivity contribution in [2.45, 2.75) is 63.9 Å². The van der Waals surface area contributed by atoms with Gasteiger partial charge in [0.2, 0.25) is 5.91 Å². The van der Waals surface area contributed by atoms with Gasteiger partial charge >= 0.3 is 0 Å². The summed E-state index contributed by atoms with van der Waals surface area (Å²) in [5, 5.41) is 13.0. The zero-order valence-electron chi connectivity index (χ0n) is 12.4. The van der Waals surface area contributed by atoms with Crippen LogP contribution in [0.4, 0.5) is 0 Å². The number of carbonyl (C=O) groups is 1. The standard InChI is InChI=1S/C15H29NO3/c1-15(18,10-11-19-2)12-16-14(17)13-8-6-4-3-5-7-9-13/h13,18H,3-12H2,1-2H3,(H,16,17). The van der Waals surface area contributed by atoms with Crippen LogP contribution in [0.25, 0.3) is 0 Å². The first-order valence-corrected chi connectivity index (χ1v) is 7.54. The van der Waals surface area contributed by atoms with Gasteiger partial charge in [-0.15, -0.1) is 0 Å². The van der Waals surface area contributed by atoms with Crippen molar-refractivity contribution < 1.29 is 14.6 Å². The second-order valence-electron chi connectivity index (χ2n) is 6.00. The number of carbonyl (C=O) groups excluding carboxylic acids is 1. The molecule has 1 saturated carbocycles. The monoisotopic (exact) mass is 271 g/mol. The van der Waals surface area contributed by atoms with Crippen LogP contribution < -0.4 is 5.32 Å². The van der Waals surface area contributed by atoms with Crippen LogP contribution in [-0.4, -0.2) is 36.9 Å². The second kappa shape index (κ2) is 8.54. The van der Waals surface area contributed by atoms with E-state index in [9.17, 15) is 9.90 Å². The largest absolute Gasteiger partial charge is 0.388 e. The molecule has 0 saturated heterocycles. The van der Waals surface area contributed by atoms with E-state index in [1.54, 1.807) is 14.0 Å². The van der Waals surface area contributed by atoms with E-state index in [1.165, 1.54) is 19.3 Å². The first kappa shape index (κ1) is 16.4. The van der Waals surface area contributed by atoms with Crippen LogP contribution in [0.2, 0.25) is 0 Å². The maximum Gasteiger partial charge on any atom is 0.223 e. The van der Waals surface area contributed by atoms with Crippen molar-refractivity contribution in [3.8, 4) is 0 Å². The Morgan fingerprint density at radius 2 is 1.84 bits per heavy atom. The van der Waals surface area contributed by atoms with Crippen LogP contribution in [0.3, 0.4) is 0 Å². The minimum Gasteiger partial charge on any atom is -0.388 e. The molecule has 1 fully saturated rings. The van der Waals surface area contributed by atoms with E-state index < -0.39 is 5.60 Å². The molecule has 0 aliphatic heterocycles. The van der Waals surface area contributed by atoms with Crippen molar-refractivity contribution in [3.63, 3.8) is 0 Å². The fourth-order valence-corrected chi connectivity index (χ4v) is 2.55. The molecule has 19 heavy (non-hydrogen) atoms. The fourth-order valence-electron chi connectivity index (χ4n) is 2.55. The molecule has 1 amide bonds. The fraction of sp³-hybridized carbons (Fsp3) is 0.933. The van der Waals surface area contributed by atoms with E-state index >= 15 is 0 Å². The molecule has 0 aromatic heterocycles. The predicted octanol–water partition coefficient (Wildman–Crippen LogP) is 2.25. The highest BCUT2D eigenvalue weighted by molar-refractivity contribution is 5.78. The van der Waals surface area contributed by atoms with Gasteiger partial charge in [0.15, 0.2) is 0 Å². The molecule has 0 aromatic rings. The topological polar surface area (TPSA) is 58.6 Å². The number of rotatable bonds is 6. The van der Waals surface area contributed by atoms with Crippen molar-refractivity contribution in [1.82, 2.24) is 5.32 Å². The molecule has 1 aliphatic rings. The summed E-state index contributed by atoms with van der Waals surface area (Å²) < 4.78 is 4.96. The predicted molar refractivity (Wildman–Crippen MR) is 75.9 cm³/mol. The Morgan fingerprint density at radius 3 is 2.42 bits per heavy atom. The Hall–Kier alpha value is -0.610. The summed E-state index contributed by atoms with van der Waals surface area (Å²) in [7, 11) is 1.61. The van der Waals surface area contributed by atoms with Gasteiger partial charge in [-0.3, -0.25) is 4.79 Å². The average Bonchev–Trinajstić information content (AvgIpc) is 2.33. The van der Waals surface area contributed by atoms with E-state index in [0.29, 0.717) is 19.6 Å². The zero-order chi connectivity index (χ0) is 14.1. The Kier molecular flexibility index (Phi) is 7.39. The average molecular weight is 271 g/mol. The lowest BCUT2D eigenvalue weighted by Gasteiger charge is -2.25. The van der Waals surface area contributed by atoms with Gasteiger partial charge in [-0.2, -0.15) is 0 Å². The van der Waals surface area contributed by atoms with Gasteiger partial charge in [0.05, 0.1) is 5.60 Å². The zero-order valence-corrected chi connectivity index (χ0v) is 12.4. The van der Waals surface area contributed by atoms with Crippen LogP contribution in [0.1, 0.15) is 58.3 Å². The third kappa shape index (κ3) is 6.92. The Balaban J connectivity index is 2.32. The van der Waals surface area contributed by atoms with E-state index in [-0.39, 0.29) is 11.8 Å². The molecule has 0 bridgehead atoms. The number of ether oxygens (including phenoxy) is 1. The molecule has 4 heteroatoms. The lowest BCUT2D eigenvalue weighted by Crippen LogP contribution is -2.43. The molecule has 4 nitrogen and oxygen atoms in total. The third-order valence-electron chi connectivity index (χ3n) is 3.96. The quantitative estimate of drug-likeness (QED) is 0.779. The molecular formula is C15H29NO3. The number of aliphatic hydroxyl groups is 1. The summed E-state index contributed by atoms with van der Waals surface area (Å²) in [6.07, 6.45) is 8.62. The number of nitrogens with one attached hydrogen (secondary N) is 1. The van der Waals surface area contributed by atoms with E-state index in [2.05, 4.69) is 5.32 Å². The summed E-state index contributed by atoms with van der Waals surface area (Å²) in [5.41, 5.74) is -0.882. The molecule has 1 unspecified atom stereocenters. The van der Waals surface area contributed by atoms with Gasteiger partial charge in [0, 0.05) is 32.6 Å². The minimum atomic E-state index is -0.882. The second-order valence-corrected chi connectivity index (χ2v) is 6.00. The molecule has 0 spiro atoms. The molecule has 1 atom stereocenters. The maximum atomic E-state index is 12.1. The summed E-state index contributed by atoms with van der Waals surface area (Å²) in [6.45, 7) is 2.56. The lowest BCUT2D eigenvalue weighted by atomic mass is 9.90. The summed E-state index contributed by atoms with van der Waals surface area (Å²) in [5.74, 6) is 0.248. The molecule has 2 N–H and O–H groups in total. The lowest BCUT2D eigenvalue weighted by molar-refractivity contribution is -0.126. The normalized spacial score (nSPS) is 21.2. The van der Waals surface area contributed by atoms with Crippen LogP contribution in [0.15, 0.2) is 0 Å². The van der Waals surface area contributed by atoms with Gasteiger partial charge in [-0.05, 0) is 19.8 Å². The first-order chi connectivity index (χ1) is 9.05. The number of amides is 1. The molecule has 0 heterocycles. The van der Waals surface area contributed by atoms with Crippen molar-refractivity contribution in [3.05, 3.63) is 0 Å². The van der Waals surface area contributed by atoms with Gasteiger partial charge in [-0.1, -0.05) is 32.1 Å². The first-order valence-electron chi connectivity index (χ1n) is 7.54. The highest BCUT2D eigenvalue weighted by atomic mass is 16.5. The van der Waals surface area contributed by atoms with Crippen molar-refractivity contribution >= 4 is 5.91 Å². The van der Waals surface area contributed by atoms with Gasteiger partial charge in [-0.25, -0.2) is 0 Å². The van der Waals surface area contributed by atoms with Crippen LogP contribution >= 0.6 is 0 Å². The van der Waals surface area contributed by atoms with E-state index in [4.69, 9.17) is 4.74 Å². The van der Waals surface area contributed by atoms with Crippen molar-refractivity contribution in [2.24, 2.45) is 5.92 Å². The summed E-state index contributed by atoms with van der Waals surface area (Å²) in [6, 6.07) is 0. The highest BCUT2D eigenvalue weighted by Gasteiger charge is 2.24. The molecule has 1 aliphatic carbocycles. The van der Waals surface area contributed by atoms with Crippen molar-refractivity contribution in [2.75, 3.05) is 20.3 Å².